The van der Waals surface area contributed by atoms with E-state index < -0.39 is 43.4 Å². The summed E-state index contributed by atoms with van der Waals surface area (Å²) in [6, 6.07) is 19.8. The van der Waals surface area contributed by atoms with E-state index in [9.17, 15) is 4.57 Å². The second-order valence-corrected chi connectivity index (χ2v) is 12.2. The summed E-state index contributed by atoms with van der Waals surface area (Å²) in [6.45, 7) is 6.54. The highest BCUT2D eigenvalue weighted by molar-refractivity contribution is 7.59. The summed E-state index contributed by atoms with van der Waals surface area (Å²) in [5.41, 5.74) is 1.54. The molecule has 0 N–H and O–H groups in total. The Balaban J connectivity index is 1.55. The molecule has 2 heterocycles. The van der Waals surface area contributed by atoms with Gasteiger partial charge in [-0.15, -0.1) is 0 Å². The number of rotatable bonds is 11. The van der Waals surface area contributed by atoms with Gasteiger partial charge in [-0.25, -0.2) is 0 Å². The van der Waals surface area contributed by atoms with Crippen LogP contribution < -0.4 is 0 Å². The Morgan fingerprint density at radius 2 is 1.59 bits per heavy atom. The molecule has 6 atom stereocenters. The van der Waals surface area contributed by atoms with Crippen LogP contribution in [0.2, 0.25) is 0 Å². The van der Waals surface area contributed by atoms with Crippen LogP contribution in [0.4, 0.5) is 0 Å². The van der Waals surface area contributed by atoms with E-state index in [2.05, 4.69) is 0 Å². The summed E-state index contributed by atoms with van der Waals surface area (Å²) in [7, 11) is -1.62. The first-order valence-electron chi connectivity index (χ1n) is 11.8. The number of hydrogen-bond acceptors (Lipinski definition) is 7. The molecule has 2 aromatic rings. The van der Waals surface area contributed by atoms with Gasteiger partial charge in [0.1, 0.15) is 18.3 Å². The fourth-order valence-electron chi connectivity index (χ4n) is 4.57. The van der Waals surface area contributed by atoms with Crippen LogP contribution >= 0.6 is 7.37 Å². The smallest absolute Gasteiger partial charge is 0.210 e. The van der Waals surface area contributed by atoms with Gasteiger partial charge in [0, 0.05) is 13.3 Å². The lowest BCUT2D eigenvalue weighted by Gasteiger charge is -2.34. The highest BCUT2D eigenvalue weighted by Gasteiger charge is 2.59. The largest absolute Gasteiger partial charge is 0.376 e. The third-order valence-electron chi connectivity index (χ3n) is 6.35. The first-order valence-corrected chi connectivity index (χ1v) is 13.7. The van der Waals surface area contributed by atoms with E-state index in [0.717, 1.165) is 11.1 Å². The molecule has 2 unspecified atom stereocenters. The van der Waals surface area contributed by atoms with Gasteiger partial charge in [-0.2, -0.15) is 0 Å². The zero-order chi connectivity index (χ0) is 24.2. The van der Waals surface area contributed by atoms with Gasteiger partial charge in [-0.3, -0.25) is 4.57 Å². The molecule has 0 radical (unpaired) electrons. The Hall–Kier alpha value is -1.57. The van der Waals surface area contributed by atoms with Crippen LogP contribution in [0, 0.1) is 0 Å². The fraction of sp³-hybridized carbons (Fsp3) is 0.538. The van der Waals surface area contributed by atoms with Crippen LogP contribution in [-0.2, 0) is 46.0 Å². The first kappa shape index (κ1) is 25.5. The topological polar surface area (TPSA) is 72.5 Å². The average molecular weight is 491 g/mol. The molecule has 0 aromatic heterocycles. The normalized spacial score (nSPS) is 28.4. The summed E-state index contributed by atoms with van der Waals surface area (Å²) < 4.78 is 50.3. The zero-order valence-corrected chi connectivity index (χ0v) is 21.2. The van der Waals surface area contributed by atoms with Crippen molar-refractivity contribution in [2.75, 3.05) is 19.9 Å². The summed E-state index contributed by atoms with van der Waals surface area (Å²) in [5.74, 6) is -0.788. The minimum Gasteiger partial charge on any atom is -0.376 e. The van der Waals surface area contributed by atoms with Crippen molar-refractivity contribution in [3.8, 4) is 0 Å². The van der Waals surface area contributed by atoms with Crippen molar-refractivity contribution in [3.05, 3.63) is 71.8 Å². The first-order chi connectivity index (χ1) is 16.3. The van der Waals surface area contributed by atoms with Gasteiger partial charge in [0.05, 0.1) is 25.5 Å². The van der Waals surface area contributed by atoms with Gasteiger partial charge in [-0.1, -0.05) is 67.6 Å². The quantitative estimate of drug-likeness (QED) is 0.412. The Kier molecular flexibility index (Phi) is 8.26. The highest BCUT2D eigenvalue weighted by atomic mass is 31.2. The van der Waals surface area contributed by atoms with Crippen LogP contribution in [0.25, 0.3) is 0 Å². The van der Waals surface area contributed by atoms with Gasteiger partial charge in [0.15, 0.2) is 12.1 Å². The summed E-state index contributed by atoms with van der Waals surface area (Å²) in [5, 5.41) is 0. The highest BCUT2D eigenvalue weighted by Crippen LogP contribution is 2.55. The maximum absolute atomic E-state index is 13.8. The molecule has 2 fully saturated rings. The predicted molar refractivity (Wildman–Crippen MR) is 129 cm³/mol. The van der Waals surface area contributed by atoms with E-state index in [4.69, 9.17) is 28.2 Å². The van der Waals surface area contributed by atoms with Crippen molar-refractivity contribution in [1.29, 1.82) is 0 Å². The van der Waals surface area contributed by atoms with E-state index in [-0.39, 0.29) is 6.61 Å². The third kappa shape index (κ3) is 5.80. The molecule has 2 aliphatic heterocycles. The number of hydrogen-bond donors (Lipinski definition) is 0. The maximum Gasteiger partial charge on any atom is 0.210 e. The summed E-state index contributed by atoms with van der Waals surface area (Å²) in [4.78, 5) is 0. The van der Waals surface area contributed by atoms with E-state index in [0.29, 0.717) is 19.4 Å². The van der Waals surface area contributed by atoms with E-state index in [1.165, 1.54) is 7.11 Å². The van der Waals surface area contributed by atoms with Crippen molar-refractivity contribution < 1.29 is 32.8 Å². The van der Waals surface area contributed by atoms with Crippen molar-refractivity contribution in [3.63, 3.8) is 0 Å². The second-order valence-electron chi connectivity index (χ2n) is 9.12. The minimum absolute atomic E-state index is 0.201. The molecule has 0 saturated carbocycles. The Morgan fingerprint density at radius 1 is 0.971 bits per heavy atom. The van der Waals surface area contributed by atoms with E-state index in [1.54, 1.807) is 0 Å². The van der Waals surface area contributed by atoms with Gasteiger partial charge >= 0.3 is 0 Å². The average Bonchev–Trinajstić information content (AvgIpc) is 3.32. The number of benzene rings is 2. The van der Waals surface area contributed by atoms with Gasteiger partial charge in [-0.05, 0) is 25.0 Å². The molecular formula is C26H35O7P. The summed E-state index contributed by atoms with van der Waals surface area (Å²) >= 11 is 0. The molecule has 186 valence electrons. The Bertz CT molecular complexity index is 944. The van der Waals surface area contributed by atoms with Crippen molar-refractivity contribution in [2.45, 2.75) is 70.0 Å². The van der Waals surface area contributed by atoms with E-state index >= 15 is 0 Å². The third-order valence-corrected chi connectivity index (χ3v) is 9.30. The SMILES string of the molecule is CCP(=O)(OC)C(COCc1ccccc1)[C@H]1O[C@@H]2OC(C)(C)O[C@@H]2[C@H]1OCc1ccccc1. The zero-order valence-electron chi connectivity index (χ0n) is 20.3. The van der Waals surface area contributed by atoms with Gasteiger partial charge < -0.3 is 28.2 Å². The molecule has 34 heavy (non-hydrogen) atoms. The predicted octanol–water partition coefficient (Wildman–Crippen LogP) is 4.98. The van der Waals surface area contributed by atoms with Crippen LogP contribution in [0.1, 0.15) is 31.9 Å². The van der Waals surface area contributed by atoms with Crippen molar-refractivity contribution in [1.82, 2.24) is 0 Å². The maximum atomic E-state index is 13.8. The lowest BCUT2D eigenvalue weighted by Crippen LogP contribution is -2.44. The lowest BCUT2D eigenvalue weighted by atomic mass is 10.1. The van der Waals surface area contributed by atoms with Crippen molar-refractivity contribution in [2.24, 2.45) is 0 Å². The fourth-order valence-corrected chi connectivity index (χ4v) is 6.59. The Labute approximate surface area is 202 Å². The molecule has 0 bridgehead atoms. The molecule has 0 aliphatic carbocycles. The van der Waals surface area contributed by atoms with Crippen LogP contribution in [-0.4, -0.2) is 55.9 Å². The molecule has 0 amide bonds. The number of fused-ring (bicyclic) bond motifs is 1. The minimum atomic E-state index is -3.11. The molecule has 2 saturated heterocycles. The molecule has 0 spiro atoms. The molecular weight excluding hydrogens is 455 g/mol. The molecule has 2 aliphatic rings. The van der Waals surface area contributed by atoms with E-state index in [1.807, 2.05) is 81.4 Å². The Morgan fingerprint density at radius 3 is 2.18 bits per heavy atom. The standard InChI is InChI=1S/C26H35O7P/c1-5-34(27,28-4)21(18-29-16-19-12-8-6-9-13-19)22-23(30-17-20-14-10-7-11-15-20)24-25(31-22)33-26(2,3)32-24/h6-15,21-25H,5,16-18H2,1-4H3/t21?,22-,23+,24-,25-,34?/m1/s1. The van der Waals surface area contributed by atoms with Crippen LogP contribution in [0.3, 0.4) is 0 Å². The lowest BCUT2D eigenvalue weighted by molar-refractivity contribution is -0.220. The molecule has 4 rings (SSSR count). The molecule has 7 nitrogen and oxygen atoms in total. The summed E-state index contributed by atoms with van der Waals surface area (Å²) in [6.07, 6.45) is -1.76. The van der Waals surface area contributed by atoms with Gasteiger partial charge in [0.2, 0.25) is 7.37 Å². The van der Waals surface area contributed by atoms with Crippen LogP contribution in [0.15, 0.2) is 60.7 Å². The number of ether oxygens (including phenoxy) is 5. The van der Waals surface area contributed by atoms with Gasteiger partial charge in [0.25, 0.3) is 0 Å². The molecule has 8 heteroatoms. The molecule has 2 aromatic carbocycles. The van der Waals surface area contributed by atoms with Crippen LogP contribution in [0.5, 0.6) is 0 Å². The van der Waals surface area contributed by atoms with Crippen molar-refractivity contribution >= 4 is 7.37 Å². The monoisotopic (exact) mass is 490 g/mol. The second kappa shape index (κ2) is 11.0.